The average molecular weight is 724 g/mol. The number of aliphatic hydroxyl groups is 1. The molecule has 2 amide bonds. The van der Waals surface area contributed by atoms with Crippen molar-refractivity contribution in [2.45, 2.75) is 78.1 Å². The van der Waals surface area contributed by atoms with E-state index in [4.69, 9.17) is 0 Å². The molecule has 2 saturated carbocycles. The van der Waals surface area contributed by atoms with Gasteiger partial charge in [0.15, 0.2) is 5.96 Å². The molecule has 0 aromatic carbocycles. The number of alkyl halides is 5. The summed E-state index contributed by atoms with van der Waals surface area (Å²) in [6, 6.07) is -1.48. The van der Waals surface area contributed by atoms with Crippen molar-refractivity contribution in [3.63, 3.8) is 0 Å². The summed E-state index contributed by atoms with van der Waals surface area (Å²) < 4.78 is 41.0. The fourth-order valence-corrected chi connectivity index (χ4v) is 8.07. The normalized spacial score (nSPS) is 32.8. The van der Waals surface area contributed by atoms with Crippen LogP contribution in [0.1, 0.15) is 44.9 Å². The maximum absolute atomic E-state index is 13.6. The van der Waals surface area contributed by atoms with E-state index < -0.39 is 72.9 Å². The first-order valence-electron chi connectivity index (χ1n) is 12.7. The zero-order chi connectivity index (χ0) is 28.0. The molecule has 1 heterocycles. The van der Waals surface area contributed by atoms with E-state index in [0.717, 1.165) is 6.42 Å². The third kappa shape index (κ3) is 9.10. The number of aliphatic imine (C=N–C) groups is 1. The molecule has 0 radical (unpaired) electrons. The van der Waals surface area contributed by atoms with Crippen LogP contribution in [0, 0.1) is 17.8 Å². The largest absolute Gasteiger partial charge is 0.481 e. The molecule has 0 aromatic rings. The molecule has 216 valence electrons. The van der Waals surface area contributed by atoms with Crippen LogP contribution in [0.2, 0.25) is 0 Å². The van der Waals surface area contributed by atoms with E-state index in [1.54, 1.807) is 0 Å². The van der Waals surface area contributed by atoms with Gasteiger partial charge in [-0.2, -0.15) is 13.2 Å². The zero-order valence-corrected chi connectivity index (χ0v) is 24.4. The summed E-state index contributed by atoms with van der Waals surface area (Å²) in [4.78, 5) is 40.9. The van der Waals surface area contributed by atoms with E-state index in [0.29, 0.717) is 31.9 Å². The highest BCUT2D eigenvalue weighted by atomic mass is 127. The van der Waals surface area contributed by atoms with E-state index >= 15 is 0 Å². The van der Waals surface area contributed by atoms with Gasteiger partial charge in [0.2, 0.25) is 11.8 Å². The Morgan fingerprint density at radius 2 is 1.92 bits per heavy atom. The monoisotopic (exact) mass is 723 g/mol. The molecule has 3 rings (SSSR count). The molecule has 2 fully saturated rings. The Labute approximate surface area is 241 Å². The molecule has 6 N–H and O–H groups in total. The molecule has 0 bridgehead atoms. The fraction of sp³-hybridized carbons (Fsp3) is 0.826. The number of guanidine groups is 1. The molecule has 0 aromatic heterocycles. The number of nitrogens with one attached hydrogen (secondary N) is 4. The maximum atomic E-state index is 13.6. The number of carbonyl (C=O) groups excluding carboxylic acids is 2. The number of rotatable bonds is 8. The van der Waals surface area contributed by atoms with Crippen molar-refractivity contribution < 1.29 is 37.8 Å². The van der Waals surface area contributed by atoms with Crippen LogP contribution in [0.5, 0.6) is 0 Å². The van der Waals surface area contributed by atoms with Crippen LogP contribution < -0.4 is 21.3 Å². The first-order chi connectivity index (χ1) is 17.8. The van der Waals surface area contributed by atoms with E-state index in [9.17, 15) is 37.8 Å². The predicted octanol–water partition coefficient (Wildman–Crippen LogP) is 1.69. The van der Waals surface area contributed by atoms with Crippen LogP contribution in [-0.4, -0.2) is 86.7 Å². The summed E-state index contributed by atoms with van der Waals surface area (Å²) in [6.07, 6.45) is -4.12. The van der Waals surface area contributed by atoms with Crippen LogP contribution in [-0.2, 0) is 14.4 Å². The Bertz CT molecular complexity index is 898. The Hall–Kier alpha value is -1.36. The smallest absolute Gasteiger partial charge is 0.391 e. The van der Waals surface area contributed by atoms with Gasteiger partial charge >= 0.3 is 12.1 Å². The second-order valence-corrected chi connectivity index (χ2v) is 13.2. The molecular weight excluding hydrogens is 690 g/mol. The van der Waals surface area contributed by atoms with Gasteiger partial charge in [0.05, 0.1) is 25.0 Å². The molecule has 0 spiro atoms. The van der Waals surface area contributed by atoms with Crippen LogP contribution in [0.4, 0.5) is 13.2 Å². The highest BCUT2D eigenvalue weighted by Gasteiger charge is 2.47. The Kier molecular flexibility index (Phi) is 11.3. The van der Waals surface area contributed by atoms with E-state index in [2.05, 4.69) is 64.8 Å². The molecule has 38 heavy (non-hydrogen) atoms. The minimum absolute atomic E-state index is 0.153. The van der Waals surface area contributed by atoms with Crippen molar-refractivity contribution in [1.82, 2.24) is 21.3 Å². The third-order valence-corrected chi connectivity index (χ3v) is 9.21. The summed E-state index contributed by atoms with van der Waals surface area (Å²) >= 11 is 5.63. The molecule has 10 nitrogen and oxygen atoms in total. The summed E-state index contributed by atoms with van der Waals surface area (Å²) in [5.74, 6) is -5.21. The van der Waals surface area contributed by atoms with Crippen LogP contribution >= 0.6 is 38.5 Å². The number of halogens is 5. The second-order valence-electron chi connectivity index (χ2n) is 10.2. The minimum Gasteiger partial charge on any atom is -0.481 e. The van der Waals surface area contributed by atoms with E-state index in [-0.39, 0.29) is 28.0 Å². The van der Waals surface area contributed by atoms with Gasteiger partial charge in [0.25, 0.3) is 0 Å². The molecule has 1 aliphatic heterocycles. The predicted molar refractivity (Wildman–Crippen MR) is 145 cm³/mol. The summed E-state index contributed by atoms with van der Waals surface area (Å²) in [6.45, 7) is 0.720. The lowest BCUT2D eigenvalue weighted by molar-refractivity contribution is -0.188. The maximum Gasteiger partial charge on any atom is 0.391 e. The van der Waals surface area contributed by atoms with Crippen molar-refractivity contribution in [3.05, 3.63) is 0 Å². The lowest BCUT2D eigenvalue weighted by atomic mass is 9.77. The topological polar surface area (TPSA) is 152 Å². The number of aliphatic carboxylic acids is 1. The van der Waals surface area contributed by atoms with Gasteiger partial charge in [-0.15, -0.1) is 0 Å². The highest BCUT2D eigenvalue weighted by Crippen LogP contribution is 2.40. The van der Waals surface area contributed by atoms with Crippen LogP contribution in [0.15, 0.2) is 4.99 Å². The van der Waals surface area contributed by atoms with E-state index in [1.807, 2.05) is 0 Å². The zero-order valence-electron chi connectivity index (χ0n) is 20.6. The van der Waals surface area contributed by atoms with Crippen LogP contribution in [0.25, 0.3) is 0 Å². The number of aliphatic hydroxyl groups excluding tert-OH is 1. The van der Waals surface area contributed by atoms with Crippen molar-refractivity contribution in [1.29, 1.82) is 0 Å². The summed E-state index contributed by atoms with van der Waals surface area (Å²) in [5.41, 5.74) is 0. The van der Waals surface area contributed by atoms with Gasteiger partial charge in [-0.25, -0.2) is 0 Å². The lowest BCUT2D eigenvalue weighted by Crippen LogP contribution is -2.54. The van der Waals surface area contributed by atoms with Gasteiger partial charge in [-0.3, -0.25) is 19.4 Å². The summed E-state index contributed by atoms with van der Waals surface area (Å²) in [5, 5.41) is 31.0. The number of nitrogens with zero attached hydrogens (tertiary/aromatic N) is 1. The fourth-order valence-electron chi connectivity index (χ4n) is 5.39. The average Bonchev–Trinajstić information content (AvgIpc) is 2.84. The number of hydrogen-bond acceptors (Lipinski definition) is 7. The Morgan fingerprint density at radius 1 is 1.18 bits per heavy atom. The second kappa shape index (κ2) is 13.8. The van der Waals surface area contributed by atoms with Gasteiger partial charge in [-0.05, 0) is 38.5 Å². The molecule has 2 aliphatic carbocycles. The molecule has 3 aliphatic rings. The van der Waals surface area contributed by atoms with Crippen molar-refractivity contribution >= 4 is 62.3 Å². The van der Waals surface area contributed by atoms with Gasteiger partial charge < -0.3 is 31.5 Å². The SMILES string of the molecule is O=C(O)CC(NC(=O)CNC(=O)C1CC(NC2=NCCCN2)CC(C(F)(F)F)C1)C1CC(I)CC(Br)C1O. The van der Waals surface area contributed by atoms with Gasteiger partial charge in [0.1, 0.15) is 0 Å². The van der Waals surface area contributed by atoms with Crippen LogP contribution in [0.3, 0.4) is 0 Å². The Morgan fingerprint density at radius 3 is 2.55 bits per heavy atom. The number of carboxylic acid groups (broad SMARTS) is 1. The number of carbonyl (C=O) groups is 3. The van der Waals surface area contributed by atoms with E-state index in [1.165, 1.54) is 0 Å². The van der Waals surface area contributed by atoms with Gasteiger partial charge in [0, 0.05) is 45.8 Å². The first-order valence-corrected chi connectivity index (χ1v) is 14.9. The van der Waals surface area contributed by atoms with Gasteiger partial charge in [-0.1, -0.05) is 38.5 Å². The Balaban J connectivity index is 1.59. The number of carboxylic acids is 1. The molecule has 0 saturated heterocycles. The standard InChI is InChI=1S/C23H34BrF3IN5O5/c24-16-8-13(28)7-15(20(16)37)17(9-19(35)36)33-18(34)10-31-21(38)11-4-12(23(25,26)27)6-14(5-11)32-22-29-2-1-3-30-22/h11-17,20,37H,1-10H2,(H,31,38)(H,33,34)(H,35,36)(H2,29,30,32). The van der Waals surface area contributed by atoms with Crippen molar-refractivity contribution in [3.8, 4) is 0 Å². The molecule has 8 unspecified atom stereocenters. The van der Waals surface area contributed by atoms with Crippen molar-refractivity contribution in [2.75, 3.05) is 19.6 Å². The van der Waals surface area contributed by atoms with Crippen molar-refractivity contribution in [2.24, 2.45) is 22.7 Å². The first kappa shape index (κ1) is 31.2. The highest BCUT2D eigenvalue weighted by molar-refractivity contribution is 14.1. The molecule has 8 atom stereocenters. The molecular formula is C23H34BrF3IN5O5. The number of amides is 2. The molecule has 15 heteroatoms. The lowest BCUT2D eigenvalue weighted by Gasteiger charge is -2.39. The summed E-state index contributed by atoms with van der Waals surface area (Å²) in [7, 11) is 0. The minimum atomic E-state index is -4.47. The number of hydrogen-bond donors (Lipinski definition) is 6. The third-order valence-electron chi connectivity index (χ3n) is 7.28. The quantitative estimate of drug-likeness (QED) is 0.165.